The van der Waals surface area contributed by atoms with E-state index in [1.807, 2.05) is 23.6 Å². The molecule has 0 unspecified atom stereocenters. The van der Waals surface area contributed by atoms with Crippen LogP contribution in [0.2, 0.25) is 5.02 Å². The molecule has 2 aromatic rings. The van der Waals surface area contributed by atoms with Gasteiger partial charge in [0, 0.05) is 17.1 Å². The molecule has 0 saturated carbocycles. The van der Waals surface area contributed by atoms with E-state index in [0.717, 1.165) is 23.3 Å². The topological polar surface area (TPSA) is 68.0 Å². The second-order valence-corrected chi connectivity index (χ2v) is 5.13. The molecule has 0 bridgehead atoms. The third kappa shape index (κ3) is 3.27. The number of aliphatic carboxylic acids is 1. The van der Waals surface area contributed by atoms with Gasteiger partial charge in [0.05, 0.1) is 5.75 Å². The average molecular weight is 298 g/mol. The van der Waals surface area contributed by atoms with Gasteiger partial charge >= 0.3 is 5.97 Å². The zero-order valence-electron chi connectivity index (χ0n) is 10.2. The van der Waals surface area contributed by atoms with Crippen molar-refractivity contribution in [2.45, 2.75) is 18.5 Å². The Bertz CT molecular complexity index is 583. The standard InChI is InChI=1S/C12H12ClN3O2S/c1-2-10-14-15-12(19-7-11(17)18)16(10)9-5-3-8(13)4-6-9/h3-6H,2,7H2,1H3,(H,17,18). The Morgan fingerprint density at radius 2 is 2.05 bits per heavy atom. The third-order valence-corrected chi connectivity index (χ3v) is 3.59. The van der Waals surface area contributed by atoms with E-state index in [9.17, 15) is 4.79 Å². The first-order valence-corrected chi connectivity index (χ1v) is 7.03. The molecule has 0 fully saturated rings. The number of nitrogens with zero attached hydrogens (tertiary/aromatic N) is 3. The monoisotopic (exact) mass is 297 g/mol. The Balaban J connectivity index is 2.38. The summed E-state index contributed by atoms with van der Waals surface area (Å²) in [5.41, 5.74) is 0.874. The van der Waals surface area contributed by atoms with E-state index in [2.05, 4.69) is 10.2 Å². The lowest BCUT2D eigenvalue weighted by atomic mass is 10.3. The van der Waals surface area contributed by atoms with Gasteiger partial charge in [-0.3, -0.25) is 9.36 Å². The normalized spacial score (nSPS) is 10.6. The van der Waals surface area contributed by atoms with E-state index in [1.165, 1.54) is 0 Å². The molecule has 0 saturated heterocycles. The number of thioether (sulfide) groups is 1. The highest BCUT2D eigenvalue weighted by atomic mass is 35.5. The van der Waals surface area contributed by atoms with E-state index in [1.54, 1.807) is 12.1 Å². The minimum Gasteiger partial charge on any atom is -0.481 e. The molecule has 5 nitrogen and oxygen atoms in total. The zero-order chi connectivity index (χ0) is 13.8. The van der Waals surface area contributed by atoms with E-state index < -0.39 is 5.97 Å². The number of carbonyl (C=O) groups is 1. The molecule has 100 valence electrons. The van der Waals surface area contributed by atoms with Crippen LogP contribution >= 0.6 is 23.4 Å². The van der Waals surface area contributed by atoms with Gasteiger partial charge in [-0.15, -0.1) is 10.2 Å². The lowest BCUT2D eigenvalue weighted by Crippen LogP contribution is -2.04. The van der Waals surface area contributed by atoms with Crippen molar-refractivity contribution >= 4 is 29.3 Å². The number of benzene rings is 1. The second-order valence-electron chi connectivity index (χ2n) is 3.75. The molecule has 1 N–H and O–H groups in total. The Morgan fingerprint density at radius 3 is 2.63 bits per heavy atom. The van der Waals surface area contributed by atoms with Gasteiger partial charge in [-0.05, 0) is 24.3 Å². The van der Waals surface area contributed by atoms with Gasteiger partial charge in [-0.1, -0.05) is 30.3 Å². The second kappa shape index (κ2) is 6.08. The summed E-state index contributed by atoms with van der Waals surface area (Å²) in [5, 5.41) is 18.1. The van der Waals surface area contributed by atoms with E-state index in [-0.39, 0.29) is 5.75 Å². The summed E-state index contributed by atoms with van der Waals surface area (Å²) in [6.07, 6.45) is 0.712. The molecule has 0 aliphatic rings. The molecular weight excluding hydrogens is 286 g/mol. The fourth-order valence-electron chi connectivity index (χ4n) is 1.60. The highest BCUT2D eigenvalue weighted by Crippen LogP contribution is 2.23. The number of hydrogen-bond acceptors (Lipinski definition) is 4. The van der Waals surface area contributed by atoms with Gasteiger partial charge in [-0.25, -0.2) is 0 Å². The smallest absolute Gasteiger partial charge is 0.313 e. The van der Waals surface area contributed by atoms with Gasteiger partial charge in [0.1, 0.15) is 5.82 Å². The van der Waals surface area contributed by atoms with Gasteiger partial charge in [0.25, 0.3) is 0 Å². The Hall–Kier alpha value is -1.53. The molecule has 1 heterocycles. The number of halogens is 1. The summed E-state index contributed by atoms with van der Waals surface area (Å²) in [4.78, 5) is 10.6. The summed E-state index contributed by atoms with van der Waals surface area (Å²) in [5.74, 6) is -0.140. The molecule has 0 aliphatic carbocycles. The van der Waals surface area contributed by atoms with Crippen LogP contribution in [0, 0.1) is 0 Å². The van der Waals surface area contributed by atoms with Crippen LogP contribution in [0.5, 0.6) is 0 Å². The summed E-state index contributed by atoms with van der Waals surface area (Å²) in [6.45, 7) is 1.97. The minimum absolute atomic E-state index is 0.0462. The Kier molecular flexibility index (Phi) is 4.44. The number of rotatable bonds is 5. The quantitative estimate of drug-likeness (QED) is 0.859. The molecule has 1 aromatic carbocycles. The number of aryl methyl sites for hydroxylation is 1. The molecular formula is C12H12ClN3O2S. The number of aromatic nitrogens is 3. The molecule has 7 heteroatoms. The molecule has 0 amide bonds. The Morgan fingerprint density at radius 1 is 1.37 bits per heavy atom. The van der Waals surface area contributed by atoms with Crippen molar-refractivity contribution in [1.29, 1.82) is 0 Å². The number of carboxylic acids is 1. The van der Waals surface area contributed by atoms with Crippen LogP contribution in [0.15, 0.2) is 29.4 Å². The molecule has 0 aliphatic heterocycles. The van der Waals surface area contributed by atoms with Crippen LogP contribution in [-0.2, 0) is 11.2 Å². The fourth-order valence-corrected chi connectivity index (χ4v) is 2.42. The van der Waals surface area contributed by atoms with Crippen LogP contribution in [0.3, 0.4) is 0 Å². The van der Waals surface area contributed by atoms with Crippen molar-refractivity contribution in [3.63, 3.8) is 0 Å². The summed E-state index contributed by atoms with van der Waals surface area (Å²) in [6, 6.07) is 7.27. The van der Waals surface area contributed by atoms with Crippen LogP contribution in [0.25, 0.3) is 5.69 Å². The summed E-state index contributed by atoms with van der Waals surface area (Å²) >= 11 is 7.01. The maximum absolute atomic E-state index is 10.6. The average Bonchev–Trinajstić information content (AvgIpc) is 2.80. The van der Waals surface area contributed by atoms with E-state index >= 15 is 0 Å². The van der Waals surface area contributed by atoms with Crippen molar-refractivity contribution in [2.75, 3.05) is 5.75 Å². The number of hydrogen-bond donors (Lipinski definition) is 1. The van der Waals surface area contributed by atoms with Crippen molar-refractivity contribution in [1.82, 2.24) is 14.8 Å². The fraction of sp³-hybridized carbons (Fsp3) is 0.250. The van der Waals surface area contributed by atoms with Crippen molar-refractivity contribution in [2.24, 2.45) is 0 Å². The molecule has 0 atom stereocenters. The first-order valence-electron chi connectivity index (χ1n) is 5.66. The lowest BCUT2D eigenvalue weighted by molar-refractivity contribution is -0.133. The van der Waals surface area contributed by atoms with E-state index in [0.29, 0.717) is 16.6 Å². The maximum Gasteiger partial charge on any atom is 0.313 e. The summed E-state index contributed by atoms with van der Waals surface area (Å²) in [7, 11) is 0. The van der Waals surface area contributed by atoms with E-state index in [4.69, 9.17) is 16.7 Å². The highest BCUT2D eigenvalue weighted by Gasteiger charge is 2.14. The zero-order valence-corrected chi connectivity index (χ0v) is 11.8. The molecule has 1 aromatic heterocycles. The van der Waals surface area contributed by atoms with Crippen molar-refractivity contribution < 1.29 is 9.90 Å². The van der Waals surface area contributed by atoms with Gasteiger partial charge in [0.2, 0.25) is 0 Å². The van der Waals surface area contributed by atoms with Crippen LogP contribution in [0.4, 0.5) is 0 Å². The van der Waals surface area contributed by atoms with Gasteiger partial charge in [0.15, 0.2) is 5.16 Å². The summed E-state index contributed by atoms with van der Waals surface area (Å²) < 4.78 is 1.85. The first-order chi connectivity index (χ1) is 9.11. The number of carboxylic acid groups (broad SMARTS) is 1. The van der Waals surface area contributed by atoms with Crippen LogP contribution < -0.4 is 0 Å². The van der Waals surface area contributed by atoms with Gasteiger partial charge < -0.3 is 5.11 Å². The largest absolute Gasteiger partial charge is 0.481 e. The third-order valence-electron chi connectivity index (χ3n) is 2.43. The van der Waals surface area contributed by atoms with Gasteiger partial charge in [-0.2, -0.15) is 0 Å². The van der Waals surface area contributed by atoms with Crippen LogP contribution in [-0.4, -0.2) is 31.6 Å². The molecule has 19 heavy (non-hydrogen) atoms. The highest BCUT2D eigenvalue weighted by molar-refractivity contribution is 7.99. The molecule has 0 radical (unpaired) electrons. The molecule has 0 spiro atoms. The first kappa shape index (κ1) is 13.9. The lowest BCUT2D eigenvalue weighted by Gasteiger charge is -2.08. The predicted molar refractivity (Wildman–Crippen MR) is 74.1 cm³/mol. The predicted octanol–water partition coefficient (Wildman–Crippen LogP) is 2.66. The van der Waals surface area contributed by atoms with Crippen molar-refractivity contribution in [3.8, 4) is 5.69 Å². The SMILES string of the molecule is CCc1nnc(SCC(=O)O)n1-c1ccc(Cl)cc1. The maximum atomic E-state index is 10.6. The Labute approximate surface area is 119 Å². The molecule has 2 rings (SSSR count). The van der Waals surface area contributed by atoms with Crippen molar-refractivity contribution in [3.05, 3.63) is 35.1 Å². The minimum atomic E-state index is -0.881. The van der Waals surface area contributed by atoms with Crippen LogP contribution in [0.1, 0.15) is 12.7 Å².